The number of aryl methyl sites for hydroxylation is 1. The van der Waals surface area contributed by atoms with Crippen molar-refractivity contribution < 1.29 is 9.90 Å². The third kappa shape index (κ3) is 5.94. The molecule has 2 N–H and O–H groups in total. The Balaban J connectivity index is 0.00000113. The molecule has 218 valence electrons. The number of nitrogens with zero attached hydrogens (tertiary/aromatic N) is 5. The maximum absolute atomic E-state index is 12.7. The van der Waals surface area contributed by atoms with E-state index in [1.807, 2.05) is 6.20 Å². The first-order valence-electron chi connectivity index (χ1n) is 14.3. The number of anilines is 1. The molecule has 2 aliphatic rings. The number of rotatable bonds is 5. The van der Waals surface area contributed by atoms with Gasteiger partial charge in [0, 0.05) is 58.6 Å². The normalized spacial score (nSPS) is 17.4. The van der Waals surface area contributed by atoms with Crippen LogP contribution in [0.2, 0.25) is 0 Å². The molecule has 2 aliphatic heterocycles. The Labute approximate surface area is 249 Å². The summed E-state index contributed by atoms with van der Waals surface area (Å²) in [6.07, 6.45) is 6.79. The standard InChI is InChI=1S/C31H34N6OS.CH2O2/c1-19(2)22-12-28(38)37(35-16-22)18-24-13-27-30(39-24)25(7-8-33-27)26-11-20(15-32)10-21-6-5-9-36(29(21)26)23-14-31(3,4)34-17-23;2-1-3/h7-8,10-13,16,19,23,34H,5-6,9,14,17-18H2,1-4H3;1H,(H,2,3)/t23-;/m0./s1. The Hall–Kier alpha value is -4.07. The molecule has 0 unspecified atom stereocenters. The summed E-state index contributed by atoms with van der Waals surface area (Å²) in [5.74, 6) is 0.261. The maximum Gasteiger partial charge on any atom is 0.290 e. The van der Waals surface area contributed by atoms with Gasteiger partial charge in [-0.1, -0.05) is 13.8 Å². The molecule has 0 bridgehead atoms. The van der Waals surface area contributed by atoms with Crippen LogP contribution in [0.1, 0.15) is 68.0 Å². The zero-order valence-electron chi connectivity index (χ0n) is 24.4. The van der Waals surface area contributed by atoms with Crippen LogP contribution in [-0.4, -0.2) is 51.0 Å². The van der Waals surface area contributed by atoms with Crippen molar-refractivity contribution in [2.45, 2.75) is 71.0 Å². The Morgan fingerprint density at radius 3 is 2.71 bits per heavy atom. The van der Waals surface area contributed by atoms with Crippen LogP contribution in [-0.2, 0) is 17.8 Å². The van der Waals surface area contributed by atoms with E-state index < -0.39 is 0 Å². The van der Waals surface area contributed by atoms with E-state index in [1.165, 1.54) is 15.9 Å². The number of aromatic nitrogens is 3. The summed E-state index contributed by atoms with van der Waals surface area (Å²) >= 11 is 1.65. The highest BCUT2D eigenvalue weighted by molar-refractivity contribution is 7.19. The van der Waals surface area contributed by atoms with Crippen LogP contribution < -0.4 is 15.8 Å². The summed E-state index contributed by atoms with van der Waals surface area (Å²) in [4.78, 5) is 29.4. The van der Waals surface area contributed by atoms with Crippen molar-refractivity contribution in [3.63, 3.8) is 0 Å². The lowest BCUT2D eigenvalue weighted by molar-refractivity contribution is -0.122. The lowest BCUT2D eigenvalue weighted by Crippen LogP contribution is -2.40. The van der Waals surface area contributed by atoms with Crippen molar-refractivity contribution in [1.82, 2.24) is 20.1 Å². The van der Waals surface area contributed by atoms with Gasteiger partial charge in [0.15, 0.2) is 0 Å². The molecule has 6 rings (SSSR count). The number of hydrogen-bond donors (Lipinski definition) is 2. The molecule has 0 radical (unpaired) electrons. The maximum atomic E-state index is 12.7. The molecule has 0 saturated carbocycles. The first-order chi connectivity index (χ1) is 20.1. The van der Waals surface area contributed by atoms with Crippen LogP contribution in [0.5, 0.6) is 0 Å². The van der Waals surface area contributed by atoms with E-state index in [-0.39, 0.29) is 23.5 Å². The molecule has 0 spiro atoms. The predicted molar refractivity (Wildman–Crippen MR) is 166 cm³/mol. The molecular formula is C32H36N6O3S. The van der Waals surface area contributed by atoms with Crippen LogP contribution in [0.25, 0.3) is 21.3 Å². The fraction of sp³-hybridized carbons (Fsp3) is 0.406. The van der Waals surface area contributed by atoms with Gasteiger partial charge in [-0.05, 0) is 74.4 Å². The second-order valence-electron chi connectivity index (χ2n) is 11.9. The average Bonchev–Trinajstić information content (AvgIpc) is 3.55. The number of benzene rings is 1. The molecular weight excluding hydrogens is 548 g/mol. The molecule has 3 aromatic heterocycles. The van der Waals surface area contributed by atoms with Crippen LogP contribution in [0.4, 0.5) is 5.69 Å². The topological polar surface area (TPSA) is 124 Å². The monoisotopic (exact) mass is 584 g/mol. The van der Waals surface area contributed by atoms with Gasteiger partial charge in [-0.25, -0.2) is 4.68 Å². The van der Waals surface area contributed by atoms with Gasteiger partial charge >= 0.3 is 0 Å². The van der Waals surface area contributed by atoms with E-state index in [0.717, 1.165) is 64.1 Å². The zero-order valence-corrected chi connectivity index (χ0v) is 25.2. The first-order valence-corrected chi connectivity index (χ1v) is 15.1. The quantitative estimate of drug-likeness (QED) is 0.309. The summed E-state index contributed by atoms with van der Waals surface area (Å²) in [5.41, 5.74) is 7.27. The predicted octanol–water partition coefficient (Wildman–Crippen LogP) is 5.16. The third-order valence-electron chi connectivity index (χ3n) is 8.07. The van der Waals surface area contributed by atoms with Gasteiger partial charge in [-0.3, -0.25) is 14.6 Å². The third-order valence-corrected chi connectivity index (χ3v) is 9.21. The number of hydrogen-bond acceptors (Lipinski definition) is 8. The molecule has 4 aromatic rings. The summed E-state index contributed by atoms with van der Waals surface area (Å²) < 4.78 is 2.59. The molecule has 0 amide bonds. The van der Waals surface area contributed by atoms with Gasteiger partial charge in [-0.2, -0.15) is 10.4 Å². The molecule has 42 heavy (non-hydrogen) atoms. The molecule has 1 saturated heterocycles. The highest BCUT2D eigenvalue weighted by atomic mass is 32.1. The number of thiophene rings is 1. The number of fused-ring (bicyclic) bond motifs is 2. The van der Waals surface area contributed by atoms with Gasteiger partial charge in [-0.15, -0.1) is 11.3 Å². The highest BCUT2D eigenvalue weighted by Gasteiger charge is 2.36. The number of carbonyl (C=O) groups is 1. The minimum absolute atomic E-state index is 0.0913. The number of carboxylic acid groups (broad SMARTS) is 1. The fourth-order valence-corrected chi connectivity index (χ4v) is 7.19. The summed E-state index contributed by atoms with van der Waals surface area (Å²) in [7, 11) is 0. The Bertz CT molecular complexity index is 1720. The smallest absolute Gasteiger partial charge is 0.290 e. The van der Waals surface area contributed by atoms with Crippen molar-refractivity contribution in [3.8, 4) is 17.2 Å². The molecule has 1 aromatic carbocycles. The Morgan fingerprint density at radius 1 is 1.26 bits per heavy atom. The Kier molecular flexibility index (Phi) is 8.43. The molecule has 5 heterocycles. The van der Waals surface area contributed by atoms with E-state index in [1.54, 1.807) is 23.6 Å². The molecule has 1 fully saturated rings. The van der Waals surface area contributed by atoms with Crippen molar-refractivity contribution in [1.29, 1.82) is 5.26 Å². The SMILES string of the molecule is CC(C)c1cnn(Cc2cc3nccc(-c4cc(C#N)cc5c4N([C@@H]4CNC(C)(C)C4)CCC5)c3s2)c(=O)c1.O=CO. The first kappa shape index (κ1) is 29.4. The second kappa shape index (κ2) is 12.0. The summed E-state index contributed by atoms with van der Waals surface area (Å²) in [5, 5.41) is 24.9. The van der Waals surface area contributed by atoms with Gasteiger partial charge in [0.25, 0.3) is 12.0 Å². The van der Waals surface area contributed by atoms with Crippen LogP contribution in [0.3, 0.4) is 0 Å². The lowest BCUT2D eigenvalue weighted by Gasteiger charge is -2.38. The molecule has 10 heteroatoms. The van der Waals surface area contributed by atoms with E-state index >= 15 is 0 Å². The van der Waals surface area contributed by atoms with Crippen LogP contribution >= 0.6 is 11.3 Å². The van der Waals surface area contributed by atoms with E-state index in [0.29, 0.717) is 18.2 Å². The van der Waals surface area contributed by atoms with Crippen LogP contribution in [0, 0.1) is 11.3 Å². The van der Waals surface area contributed by atoms with Crippen molar-refractivity contribution >= 4 is 33.7 Å². The minimum atomic E-state index is -0.250. The van der Waals surface area contributed by atoms with Crippen molar-refractivity contribution in [2.24, 2.45) is 0 Å². The van der Waals surface area contributed by atoms with Gasteiger partial charge in [0.2, 0.25) is 0 Å². The van der Waals surface area contributed by atoms with Crippen LogP contribution in [0.15, 0.2) is 47.5 Å². The van der Waals surface area contributed by atoms with Crippen molar-refractivity contribution in [2.75, 3.05) is 18.0 Å². The second-order valence-corrected chi connectivity index (χ2v) is 13.0. The summed E-state index contributed by atoms with van der Waals surface area (Å²) in [6, 6.07) is 12.8. The number of nitrogens with one attached hydrogen (secondary N) is 1. The van der Waals surface area contributed by atoms with E-state index in [4.69, 9.17) is 9.90 Å². The van der Waals surface area contributed by atoms with E-state index in [2.05, 4.69) is 78.3 Å². The molecule has 0 aliphatic carbocycles. The van der Waals surface area contributed by atoms with Gasteiger partial charge in [0.05, 0.1) is 34.6 Å². The largest absolute Gasteiger partial charge is 0.483 e. The lowest BCUT2D eigenvalue weighted by atomic mass is 9.90. The Morgan fingerprint density at radius 2 is 2.05 bits per heavy atom. The van der Waals surface area contributed by atoms with Crippen molar-refractivity contribution in [3.05, 3.63) is 74.6 Å². The van der Waals surface area contributed by atoms with Gasteiger partial charge < -0.3 is 15.3 Å². The van der Waals surface area contributed by atoms with Gasteiger partial charge in [0.1, 0.15) is 0 Å². The van der Waals surface area contributed by atoms with E-state index in [9.17, 15) is 10.1 Å². The average molecular weight is 585 g/mol. The fourth-order valence-electron chi connectivity index (χ4n) is 6.07. The molecule has 1 atom stereocenters. The highest BCUT2D eigenvalue weighted by Crippen LogP contribution is 2.44. The molecule has 9 nitrogen and oxygen atoms in total. The summed E-state index contributed by atoms with van der Waals surface area (Å²) in [6.45, 7) is 10.8. The number of pyridine rings is 1. The minimum Gasteiger partial charge on any atom is -0.483 e. The number of nitriles is 1. The zero-order chi connectivity index (χ0) is 30.0.